The molecule has 0 saturated heterocycles. The van der Waals surface area contributed by atoms with Crippen LogP contribution in [0.1, 0.15) is 10.4 Å². The van der Waals surface area contributed by atoms with Gasteiger partial charge in [-0.2, -0.15) is 0 Å². The molecular weight excluding hydrogens is 241 g/mol. The van der Waals surface area contributed by atoms with Gasteiger partial charge in [-0.15, -0.1) is 0 Å². The summed E-state index contributed by atoms with van der Waals surface area (Å²) >= 11 is 5.61. The van der Waals surface area contributed by atoms with Crippen LogP contribution in [-0.2, 0) is 0 Å². The Morgan fingerprint density at radius 1 is 1.06 bits per heavy atom. The predicted molar refractivity (Wildman–Crippen MR) is 65.8 cm³/mol. The quantitative estimate of drug-likeness (QED) is 0.863. The van der Waals surface area contributed by atoms with Gasteiger partial charge in [0.25, 0.3) is 5.91 Å². The van der Waals surface area contributed by atoms with Gasteiger partial charge in [-0.1, -0.05) is 35.9 Å². The number of amides is 1. The third-order valence-electron chi connectivity index (χ3n) is 2.23. The van der Waals surface area contributed by atoms with Gasteiger partial charge in [0.1, 0.15) is 0 Å². The van der Waals surface area contributed by atoms with Crippen LogP contribution < -0.4 is 5.32 Å². The summed E-state index contributed by atoms with van der Waals surface area (Å²) in [7, 11) is 0. The minimum absolute atomic E-state index is 0.0642. The Balaban J connectivity index is 2.24. The number of hydrogen-bond donors (Lipinski definition) is 1. The van der Waals surface area contributed by atoms with Crippen LogP contribution in [0.4, 0.5) is 10.1 Å². The van der Waals surface area contributed by atoms with Crippen molar-refractivity contribution in [2.75, 3.05) is 5.32 Å². The second-order valence-corrected chi connectivity index (χ2v) is 3.83. The first-order valence-electron chi connectivity index (χ1n) is 4.99. The van der Waals surface area contributed by atoms with Crippen molar-refractivity contribution in [3.05, 3.63) is 64.9 Å². The van der Waals surface area contributed by atoms with E-state index in [1.165, 1.54) is 18.2 Å². The van der Waals surface area contributed by atoms with E-state index in [-0.39, 0.29) is 10.6 Å². The lowest BCUT2D eigenvalue weighted by Gasteiger charge is -2.06. The molecule has 0 aliphatic rings. The number of carbonyl (C=O) groups is 1. The smallest absolute Gasteiger partial charge is 0.258 e. The lowest BCUT2D eigenvalue weighted by molar-refractivity contribution is 0.102. The van der Waals surface area contributed by atoms with E-state index in [4.69, 9.17) is 11.6 Å². The Labute approximate surface area is 103 Å². The molecule has 2 rings (SSSR count). The molecular formula is C13H9ClFNO. The molecule has 17 heavy (non-hydrogen) atoms. The highest BCUT2D eigenvalue weighted by molar-refractivity contribution is 6.31. The number of benzene rings is 2. The molecule has 0 unspecified atom stereocenters. The molecule has 0 aliphatic heterocycles. The lowest BCUT2D eigenvalue weighted by Crippen LogP contribution is -2.13. The second kappa shape index (κ2) is 4.97. The number of hydrogen-bond acceptors (Lipinski definition) is 1. The third kappa shape index (κ3) is 2.63. The maximum atomic E-state index is 13.6. The summed E-state index contributed by atoms with van der Waals surface area (Å²) in [5.41, 5.74) is 0.540. The first-order chi connectivity index (χ1) is 8.18. The van der Waals surface area contributed by atoms with E-state index >= 15 is 0 Å². The summed E-state index contributed by atoms with van der Waals surface area (Å²) in [6.07, 6.45) is 0. The van der Waals surface area contributed by atoms with Gasteiger partial charge in [0.2, 0.25) is 0 Å². The molecule has 0 fully saturated rings. The molecule has 0 atom stereocenters. The average molecular weight is 250 g/mol. The van der Waals surface area contributed by atoms with Crippen LogP contribution >= 0.6 is 11.6 Å². The first kappa shape index (κ1) is 11.6. The SMILES string of the molecule is O=C(Nc1ccccc1)c1cccc(Cl)c1F. The van der Waals surface area contributed by atoms with Crippen molar-refractivity contribution in [2.45, 2.75) is 0 Å². The standard InChI is InChI=1S/C13H9ClFNO/c14-11-8-4-7-10(12(11)15)13(17)16-9-5-2-1-3-6-9/h1-8H,(H,16,17). The van der Waals surface area contributed by atoms with Gasteiger partial charge in [0.05, 0.1) is 10.6 Å². The van der Waals surface area contributed by atoms with Crippen LogP contribution in [0.15, 0.2) is 48.5 Å². The van der Waals surface area contributed by atoms with Gasteiger partial charge in [-0.05, 0) is 24.3 Å². The van der Waals surface area contributed by atoms with Crippen molar-refractivity contribution < 1.29 is 9.18 Å². The summed E-state index contributed by atoms with van der Waals surface area (Å²) in [6, 6.07) is 13.2. The Kier molecular flexibility index (Phi) is 3.40. The van der Waals surface area contributed by atoms with E-state index in [0.29, 0.717) is 5.69 Å². The van der Waals surface area contributed by atoms with Crippen LogP contribution in [-0.4, -0.2) is 5.91 Å². The van der Waals surface area contributed by atoms with Gasteiger partial charge >= 0.3 is 0 Å². The molecule has 1 N–H and O–H groups in total. The molecule has 1 amide bonds. The van der Waals surface area contributed by atoms with Crippen LogP contribution in [0, 0.1) is 5.82 Å². The number of anilines is 1. The zero-order valence-corrected chi connectivity index (χ0v) is 9.54. The number of nitrogens with one attached hydrogen (secondary N) is 1. The number of halogens is 2. The van der Waals surface area contributed by atoms with Crippen LogP contribution in [0.5, 0.6) is 0 Å². The zero-order chi connectivity index (χ0) is 12.3. The molecule has 2 aromatic carbocycles. The molecule has 2 nitrogen and oxygen atoms in total. The molecule has 0 bridgehead atoms. The molecule has 0 aliphatic carbocycles. The monoisotopic (exact) mass is 249 g/mol. The van der Waals surface area contributed by atoms with E-state index in [2.05, 4.69) is 5.32 Å². The van der Waals surface area contributed by atoms with Gasteiger partial charge in [-0.3, -0.25) is 4.79 Å². The summed E-state index contributed by atoms with van der Waals surface area (Å²) in [6.45, 7) is 0. The topological polar surface area (TPSA) is 29.1 Å². The highest BCUT2D eigenvalue weighted by atomic mass is 35.5. The molecule has 0 spiro atoms. The third-order valence-corrected chi connectivity index (χ3v) is 2.52. The number of carbonyl (C=O) groups excluding carboxylic acids is 1. The first-order valence-corrected chi connectivity index (χ1v) is 5.36. The van der Waals surface area contributed by atoms with Crippen LogP contribution in [0.3, 0.4) is 0 Å². The van der Waals surface area contributed by atoms with E-state index in [1.807, 2.05) is 6.07 Å². The molecule has 86 valence electrons. The fourth-order valence-corrected chi connectivity index (χ4v) is 1.57. The molecule has 0 aromatic heterocycles. The summed E-state index contributed by atoms with van der Waals surface area (Å²) in [5.74, 6) is -1.22. The molecule has 2 aromatic rings. The van der Waals surface area contributed by atoms with Gasteiger partial charge in [-0.25, -0.2) is 4.39 Å². The van der Waals surface area contributed by atoms with Gasteiger partial charge < -0.3 is 5.32 Å². The maximum Gasteiger partial charge on any atom is 0.258 e. The van der Waals surface area contributed by atoms with Crippen molar-refractivity contribution in [3.63, 3.8) is 0 Å². The molecule has 0 heterocycles. The summed E-state index contributed by atoms with van der Waals surface area (Å²) < 4.78 is 13.6. The summed E-state index contributed by atoms with van der Waals surface area (Å²) in [5, 5.41) is 2.52. The number of rotatable bonds is 2. The highest BCUT2D eigenvalue weighted by Crippen LogP contribution is 2.19. The Hall–Kier alpha value is -1.87. The average Bonchev–Trinajstić information content (AvgIpc) is 2.34. The van der Waals surface area contributed by atoms with Crippen molar-refractivity contribution in [1.82, 2.24) is 0 Å². The summed E-state index contributed by atoms with van der Waals surface area (Å²) in [4.78, 5) is 11.8. The van der Waals surface area contributed by atoms with E-state index in [9.17, 15) is 9.18 Å². The zero-order valence-electron chi connectivity index (χ0n) is 8.78. The van der Waals surface area contributed by atoms with Crippen molar-refractivity contribution in [2.24, 2.45) is 0 Å². The van der Waals surface area contributed by atoms with Crippen molar-refractivity contribution in [1.29, 1.82) is 0 Å². The Morgan fingerprint density at radius 2 is 1.76 bits per heavy atom. The molecule has 0 saturated carbocycles. The molecule has 0 radical (unpaired) electrons. The van der Waals surface area contributed by atoms with E-state index in [0.717, 1.165) is 0 Å². The maximum absolute atomic E-state index is 13.6. The Bertz CT molecular complexity index is 542. The number of para-hydroxylation sites is 1. The fraction of sp³-hybridized carbons (Fsp3) is 0. The van der Waals surface area contributed by atoms with Crippen molar-refractivity contribution >= 4 is 23.2 Å². The van der Waals surface area contributed by atoms with E-state index < -0.39 is 11.7 Å². The van der Waals surface area contributed by atoms with Gasteiger partial charge in [0.15, 0.2) is 5.82 Å². The van der Waals surface area contributed by atoms with Crippen molar-refractivity contribution in [3.8, 4) is 0 Å². The predicted octanol–water partition coefficient (Wildman–Crippen LogP) is 3.73. The van der Waals surface area contributed by atoms with Gasteiger partial charge in [0, 0.05) is 5.69 Å². The van der Waals surface area contributed by atoms with Crippen LogP contribution in [0.2, 0.25) is 5.02 Å². The normalized spacial score (nSPS) is 10.0. The largest absolute Gasteiger partial charge is 0.322 e. The Morgan fingerprint density at radius 3 is 2.47 bits per heavy atom. The minimum atomic E-state index is -0.706. The fourth-order valence-electron chi connectivity index (χ4n) is 1.40. The highest BCUT2D eigenvalue weighted by Gasteiger charge is 2.13. The minimum Gasteiger partial charge on any atom is -0.322 e. The molecule has 4 heteroatoms. The van der Waals surface area contributed by atoms with E-state index in [1.54, 1.807) is 24.3 Å². The second-order valence-electron chi connectivity index (χ2n) is 3.42. The lowest BCUT2D eigenvalue weighted by atomic mass is 10.2. The van der Waals surface area contributed by atoms with Crippen LogP contribution in [0.25, 0.3) is 0 Å².